The van der Waals surface area contributed by atoms with E-state index in [1.807, 2.05) is 6.08 Å². The summed E-state index contributed by atoms with van der Waals surface area (Å²) in [4.78, 5) is 24.0. The molecule has 5 aliphatic rings. The first-order chi connectivity index (χ1) is 16.2. The standard InChI is InChI=1S/C30H44O5/c1-17(9-8-10-18(2)24(32)33)20-13-15-27(6)22-12-11-21-26(4,5)23(31)14-16-28(21,7)30(22)25(35-30)29(27,34)19(20)3/h10,17,21-22,25,34H,8-9,11-16H2,1-7H3,(H,32,33)/t17-,21+,22+,25-,27+,28+,29+,30+/m1/s1. The van der Waals surface area contributed by atoms with Crippen LogP contribution in [-0.4, -0.2) is 39.3 Å². The summed E-state index contributed by atoms with van der Waals surface area (Å²) >= 11 is 0. The minimum atomic E-state index is -0.976. The van der Waals surface area contributed by atoms with E-state index in [9.17, 15) is 14.7 Å². The number of ketones is 1. The molecule has 4 aliphatic carbocycles. The molecule has 0 aromatic heterocycles. The van der Waals surface area contributed by atoms with Gasteiger partial charge in [-0.1, -0.05) is 46.3 Å². The van der Waals surface area contributed by atoms with Gasteiger partial charge in [0.15, 0.2) is 0 Å². The molecular weight excluding hydrogens is 440 g/mol. The van der Waals surface area contributed by atoms with Crippen LogP contribution in [0.4, 0.5) is 0 Å². The molecular formula is C30H44O5. The number of aliphatic hydroxyl groups is 1. The van der Waals surface area contributed by atoms with Gasteiger partial charge in [-0.2, -0.15) is 0 Å². The van der Waals surface area contributed by atoms with Crippen molar-refractivity contribution in [2.75, 3.05) is 0 Å². The summed E-state index contributed by atoms with van der Waals surface area (Å²) in [7, 11) is 0. The summed E-state index contributed by atoms with van der Waals surface area (Å²) in [6, 6.07) is 0. The Labute approximate surface area is 210 Å². The number of epoxide rings is 1. The molecule has 1 saturated heterocycles. The van der Waals surface area contributed by atoms with Crippen LogP contribution in [-0.2, 0) is 14.3 Å². The van der Waals surface area contributed by atoms with Crippen molar-refractivity contribution >= 4 is 11.8 Å². The van der Waals surface area contributed by atoms with Crippen LogP contribution in [0.3, 0.4) is 0 Å². The van der Waals surface area contributed by atoms with E-state index in [0.717, 1.165) is 50.5 Å². The Bertz CT molecular complexity index is 1040. The first-order valence-electron chi connectivity index (χ1n) is 13.7. The molecule has 5 heteroatoms. The summed E-state index contributed by atoms with van der Waals surface area (Å²) in [6.07, 6.45) is 8.68. The lowest BCUT2D eigenvalue weighted by molar-refractivity contribution is -0.174. The third kappa shape index (κ3) is 2.89. The summed E-state index contributed by atoms with van der Waals surface area (Å²) in [6.45, 7) is 14.9. The van der Waals surface area contributed by atoms with Gasteiger partial charge in [-0.15, -0.1) is 0 Å². The molecule has 2 N–H and O–H groups in total. The molecule has 1 aliphatic heterocycles. The number of Topliss-reactive ketones (excluding diaryl/α,β-unsaturated/α-hetero) is 1. The number of carboxylic acids is 1. The second kappa shape index (κ2) is 7.54. The van der Waals surface area contributed by atoms with Crippen molar-refractivity contribution < 1.29 is 24.5 Å². The maximum atomic E-state index is 12.9. The van der Waals surface area contributed by atoms with Gasteiger partial charge in [0.1, 0.15) is 23.1 Å². The predicted octanol–water partition coefficient (Wildman–Crippen LogP) is 5.85. The van der Waals surface area contributed by atoms with Crippen molar-refractivity contribution in [1.29, 1.82) is 0 Å². The quantitative estimate of drug-likeness (QED) is 0.290. The van der Waals surface area contributed by atoms with Crippen molar-refractivity contribution in [2.45, 2.75) is 117 Å². The van der Waals surface area contributed by atoms with E-state index in [2.05, 4.69) is 41.5 Å². The minimum Gasteiger partial charge on any atom is -0.478 e. The first-order valence-corrected chi connectivity index (χ1v) is 13.7. The van der Waals surface area contributed by atoms with Crippen LogP contribution < -0.4 is 0 Å². The summed E-state index contributed by atoms with van der Waals surface area (Å²) < 4.78 is 6.75. The average molecular weight is 485 g/mol. The number of allylic oxidation sites excluding steroid dienone is 2. The van der Waals surface area contributed by atoms with Gasteiger partial charge in [0.05, 0.1) is 0 Å². The fourth-order valence-corrected chi connectivity index (χ4v) is 9.81. The smallest absolute Gasteiger partial charge is 0.330 e. The number of carbonyl (C=O) groups excluding carboxylic acids is 1. The summed E-state index contributed by atoms with van der Waals surface area (Å²) in [5.41, 5.74) is 0.850. The van der Waals surface area contributed by atoms with Crippen molar-refractivity contribution in [2.24, 2.45) is 34.0 Å². The van der Waals surface area contributed by atoms with E-state index in [1.165, 1.54) is 5.57 Å². The van der Waals surface area contributed by atoms with E-state index in [-0.39, 0.29) is 39.8 Å². The lowest BCUT2D eigenvalue weighted by Crippen LogP contribution is -2.60. The van der Waals surface area contributed by atoms with Crippen LogP contribution in [0.1, 0.15) is 99.8 Å². The Morgan fingerprint density at radius 1 is 1.11 bits per heavy atom. The fourth-order valence-electron chi connectivity index (χ4n) is 9.81. The third-order valence-electron chi connectivity index (χ3n) is 12.0. The molecule has 5 rings (SSSR count). The molecule has 0 radical (unpaired) electrons. The highest BCUT2D eigenvalue weighted by molar-refractivity contribution is 5.86. The second-order valence-corrected chi connectivity index (χ2v) is 13.5. The highest BCUT2D eigenvalue weighted by Crippen LogP contribution is 2.82. The van der Waals surface area contributed by atoms with Gasteiger partial charge in [-0.05, 0) is 82.1 Å². The van der Waals surface area contributed by atoms with Gasteiger partial charge < -0.3 is 14.9 Å². The Balaban J connectivity index is 1.49. The predicted molar refractivity (Wildman–Crippen MR) is 135 cm³/mol. The Morgan fingerprint density at radius 3 is 2.40 bits per heavy atom. The zero-order chi connectivity index (χ0) is 25.8. The zero-order valence-corrected chi connectivity index (χ0v) is 22.7. The summed E-state index contributed by atoms with van der Waals surface area (Å²) in [5, 5.41) is 21.8. The highest BCUT2D eigenvalue weighted by atomic mass is 16.6. The van der Waals surface area contributed by atoms with Crippen molar-refractivity contribution in [3.8, 4) is 0 Å². The van der Waals surface area contributed by atoms with E-state index in [1.54, 1.807) is 6.92 Å². The molecule has 5 nitrogen and oxygen atoms in total. The Morgan fingerprint density at radius 2 is 1.74 bits per heavy atom. The van der Waals surface area contributed by atoms with Gasteiger partial charge in [-0.3, -0.25) is 4.79 Å². The summed E-state index contributed by atoms with van der Waals surface area (Å²) in [5.74, 6) is 0.403. The number of hydrogen-bond donors (Lipinski definition) is 2. The Kier molecular flexibility index (Phi) is 5.43. The van der Waals surface area contributed by atoms with Gasteiger partial charge in [0.2, 0.25) is 0 Å². The number of rotatable bonds is 5. The number of aliphatic carboxylic acids is 1. The maximum absolute atomic E-state index is 12.9. The molecule has 1 spiro atoms. The molecule has 3 saturated carbocycles. The largest absolute Gasteiger partial charge is 0.478 e. The molecule has 0 bridgehead atoms. The van der Waals surface area contributed by atoms with Crippen LogP contribution in [0.25, 0.3) is 0 Å². The Hall–Kier alpha value is -1.46. The van der Waals surface area contributed by atoms with Crippen LogP contribution in [0.5, 0.6) is 0 Å². The van der Waals surface area contributed by atoms with Crippen LogP contribution >= 0.6 is 0 Å². The number of hydrogen-bond acceptors (Lipinski definition) is 4. The molecule has 0 aromatic carbocycles. The van der Waals surface area contributed by atoms with Gasteiger partial charge in [0, 0.05) is 28.2 Å². The van der Waals surface area contributed by atoms with Gasteiger partial charge in [0.25, 0.3) is 0 Å². The van der Waals surface area contributed by atoms with Crippen LogP contribution in [0, 0.1) is 34.0 Å². The van der Waals surface area contributed by atoms with Crippen molar-refractivity contribution in [3.05, 3.63) is 22.8 Å². The molecule has 4 fully saturated rings. The maximum Gasteiger partial charge on any atom is 0.330 e. The zero-order valence-electron chi connectivity index (χ0n) is 22.7. The van der Waals surface area contributed by atoms with Crippen molar-refractivity contribution in [3.63, 3.8) is 0 Å². The second-order valence-electron chi connectivity index (χ2n) is 13.5. The lowest BCUT2D eigenvalue weighted by Gasteiger charge is -2.59. The number of ether oxygens (including phenoxy) is 1. The third-order valence-corrected chi connectivity index (χ3v) is 12.0. The van der Waals surface area contributed by atoms with Gasteiger partial charge in [-0.25, -0.2) is 4.79 Å². The highest BCUT2D eigenvalue weighted by Gasteiger charge is 2.90. The molecule has 1 heterocycles. The van der Waals surface area contributed by atoms with E-state index < -0.39 is 11.6 Å². The van der Waals surface area contributed by atoms with Crippen LogP contribution in [0.2, 0.25) is 0 Å². The molecule has 0 unspecified atom stereocenters. The average Bonchev–Trinajstić information content (AvgIpc) is 3.50. The SMILES string of the molecule is CC(=CCC[C@@H](C)C1=C(C)[C@]2(O)[C@H]3O[C@@]34[C@@H](CC[C@H]3C(C)(C)C(=O)CC[C@@]34C)[C@]2(C)CC1)C(=O)O. The minimum absolute atomic E-state index is 0.0979. The van der Waals surface area contributed by atoms with E-state index in [4.69, 9.17) is 9.84 Å². The fraction of sp³-hybridized carbons (Fsp3) is 0.800. The van der Waals surface area contributed by atoms with Gasteiger partial charge >= 0.3 is 5.97 Å². The number of carbonyl (C=O) groups is 2. The molecule has 0 aromatic rings. The lowest BCUT2D eigenvalue weighted by atomic mass is 9.44. The molecule has 8 atom stereocenters. The number of carboxylic acid groups (broad SMARTS) is 1. The monoisotopic (exact) mass is 484 g/mol. The molecule has 0 amide bonds. The van der Waals surface area contributed by atoms with Crippen molar-refractivity contribution in [1.82, 2.24) is 0 Å². The number of fused-ring (bicyclic) bond motifs is 4. The van der Waals surface area contributed by atoms with E-state index >= 15 is 0 Å². The normalized spacial score (nSPS) is 46.9. The molecule has 35 heavy (non-hydrogen) atoms. The van der Waals surface area contributed by atoms with E-state index in [0.29, 0.717) is 23.7 Å². The topological polar surface area (TPSA) is 87.1 Å². The molecule has 194 valence electrons. The first kappa shape index (κ1) is 25.2. The van der Waals surface area contributed by atoms with Crippen LogP contribution in [0.15, 0.2) is 22.8 Å².